The molecule has 12 aromatic rings. The maximum Gasteiger partial charge on any atom is 0.312 e. The van der Waals surface area contributed by atoms with Gasteiger partial charge in [-0.15, -0.1) is 0 Å². The number of para-hydroxylation sites is 7. The van der Waals surface area contributed by atoms with Crippen molar-refractivity contribution >= 4 is 116 Å². The molecule has 50 nitrogen and oxygen atoms in total. The second-order valence-corrected chi connectivity index (χ2v) is 28.1. The molecule has 0 bridgehead atoms. The van der Waals surface area contributed by atoms with Crippen LogP contribution in [-0.2, 0) is 17.9 Å². The van der Waals surface area contributed by atoms with Crippen LogP contribution in [0.2, 0.25) is 15.3 Å². The van der Waals surface area contributed by atoms with Crippen LogP contribution in [-0.4, -0.2) is 184 Å². The van der Waals surface area contributed by atoms with Gasteiger partial charge in [0.1, 0.15) is 21.9 Å². The van der Waals surface area contributed by atoms with Crippen molar-refractivity contribution in [1.82, 2.24) is 50.2 Å². The van der Waals surface area contributed by atoms with Crippen LogP contribution in [0.25, 0.3) is 34.2 Å². The summed E-state index contributed by atoms with van der Waals surface area (Å²) in [6.07, 6.45) is 2.05. The maximum atomic E-state index is 12.5. The number of aryl methyl sites for hydroxylation is 3. The number of nitro groups is 5. The number of fused-ring (bicyclic) bond motifs is 2. The number of oxime groups is 2. The Morgan fingerprint density at radius 1 is 0.474 bits per heavy atom. The summed E-state index contributed by atoms with van der Waals surface area (Å²) in [4.78, 5) is 119. The first-order chi connectivity index (χ1) is 64.2. The van der Waals surface area contributed by atoms with Crippen LogP contribution < -0.4 is 67.1 Å². The van der Waals surface area contributed by atoms with E-state index in [0.717, 1.165) is 18.4 Å². The number of anilines is 3. The van der Waals surface area contributed by atoms with E-state index in [0.29, 0.717) is 120 Å². The van der Waals surface area contributed by atoms with Crippen molar-refractivity contribution in [2.75, 3.05) is 74.9 Å². The third-order valence-corrected chi connectivity index (χ3v) is 18.8. The average Bonchev–Trinajstić information content (AvgIpc) is 1.64. The number of amides is 4. The summed E-state index contributed by atoms with van der Waals surface area (Å²) in [5, 5.41) is 99.9. The summed E-state index contributed by atoms with van der Waals surface area (Å²) in [6.45, 7) is 5.99. The molecule has 53 heteroatoms. The number of nitriles is 1. The number of hydrogen-bond acceptors (Lipinski definition) is 39. The highest BCUT2D eigenvalue weighted by molar-refractivity contribution is 6.36. The van der Waals surface area contributed by atoms with Gasteiger partial charge in [-0.25, -0.2) is 9.97 Å². The zero-order valence-corrected chi connectivity index (χ0v) is 75.2. The first kappa shape index (κ1) is 104. The Hall–Kier alpha value is -17.8. The van der Waals surface area contributed by atoms with E-state index in [1.807, 2.05) is 36.4 Å². The number of nitrogens with two attached hydrogens (primary N) is 5. The Bertz CT molecular complexity index is 6390. The van der Waals surface area contributed by atoms with E-state index in [9.17, 15) is 69.7 Å². The highest BCUT2D eigenvalue weighted by Crippen LogP contribution is 2.42. The monoisotopic (exact) mass is 1920 g/mol. The number of ether oxygens (including phenoxy) is 7. The van der Waals surface area contributed by atoms with Crippen molar-refractivity contribution in [2.45, 2.75) is 46.7 Å². The molecule has 3 aliphatic rings. The average molecular weight is 1930 g/mol. The lowest BCUT2D eigenvalue weighted by molar-refractivity contribution is -0.385. The van der Waals surface area contributed by atoms with E-state index >= 15 is 0 Å². The van der Waals surface area contributed by atoms with E-state index in [1.165, 1.54) is 120 Å². The van der Waals surface area contributed by atoms with Gasteiger partial charge in [-0.3, -0.25) is 69.7 Å². The van der Waals surface area contributed by atoms with Crippen LogP contribution in [0.4, 0.5) is 45.5 Å². The van der Waals surface area contributed by atoms with Gasteiger partial charge in [0.25, 0.3) is 17.7 Å². The molecule has 706 valence electrons. The molecule has 0 saturated heterocycles. The quantitative estimate of drug-likeness (QED) is 0.00630. The number of nitro benzene ring substituents is 5. The van der Waals surface area contributed by atoms with Gasteiger partial charge >= 0.3 is 28.4 Å². The second-order valence-electron chi connectivity index (χ2n) is 26.9. The Kier molecular flexibility index (Phi) is 37.5. The molecule has 1 saturated carbocycles. The van der Waals surface area contributed by atoms with Gasteiger partial charge in [0.05, 0.1) is 165 Å². The lowest BCUT2D eigenvalue weighted by Crippen LogP contribution is -2.18. The normalized spacial score (nSPS) is 11.7. The first-order valence-electron chi connectivity index (χ1n) is 38.1. The number of nitrogens with zero attached hydrogens (tertiary/aromatic N) is 18. The molecule has 15 rings (SSSR count). The smallest absolute Gasteiger partial charge is 0.312 e. The Balaban J connectivity index is 0.000000211. The molecule has 0 spiro atoms. The lowest BCUT2D eigenvalue weighted by atomic mass is 10.1. The molecule has 7 aromatic carbocycles. The first-order valence-corrected chi connectivity index (χ1v) is 39.2. The van der Waals surface area contributed by atoms with Crippen molar-refractivity contribution in [3.63, 3.8) is 0 Å². The molecule has 7 heterocycles. The molecule has 4 amide bonds. The number of aromatic nitrogens is 8. The van der Waals surface area contributed by atoms with Gasteiger partial charge in [-0.1, -0.05) is 103 Å². The third kappa shape index (κ3) is 26.7. The maximum absolute atomic E-state index is 12.5. The molecule has 0 atom stereocenters. The summed E-state index contributed by atoms with van der Waals surface area (Å²) in [7, 11) is 13.0. The number of carbonyl (C=O) groups is 4. The number of nitrogens with one attached hydrogen (secondary N) is 1. The largest absolute Gasteiger partial charge is 0.494 e. The van der Waals surface area contributed by atoms with E-state index in [-0.39, 0.29) is 121 Å². The van der Waals surface area contributed by atoms with E-state index in [1.54, 1.807) is 83.2 Å². The van der Waals surface area contributed by atoms with Gasteiger partial charge < -0.3 is 101 Å². The van der Waals surface area contributed by atoms with Crippen molar-refractivity contribution in [1.29, 1.82) is 5.26 Å². The number of hydrogen-bond donors (Lipinski definition) is 8. The summed E-state index contributed by atoms with van der Waals surface area (Å²) in [5.41, 5.74) is 31.6. The number of methoxy groups -OCH3 is 7. The second kappa shape index (κ2) is 48.6. The molecule has 0 radical (unpaired) electrons. The standard InChI is InChI=1S/C18H16ClN5O3.C10H9N3O4.C10H11N3O2.C8H6Cl2N2O.2C8H9N3O4.C8H8N2O4.C8H6N2O3.C4H7NO/c1-9-20-17(23-27-9)10-5-4-6-11(16(10)26-3)21-12-7-14(19)22-13-8-24(2)18(25)15(12)13;1-6-11-10(12-17-6)7-4-3-5-8(13(14)15)9(7)16-2;1-6-12-10(13-15-6)7-4-3-5-8(11)9(7)14-2;1-12-3-5-7(8(12)13)4(9)2-6(10)11-5;2*1-15-7-5(8(9)10-12)3-2-4-6(7)11(13)14;1-14-7-5(8(9)11)3-2-4-6(7)10(12)13;1-13-8-6(5-9)3-2-4-7(8)10(11)12;5-4(6)3-1-2-3/h4-7H,8H2,1-3H3,(H,21,22);3-5H,1-2H3;3-5H,11H2,1-2H3;2H,3H2,1H3;2*2-4,12H,1H3,(H2,9,10);2-4H,1H3,(H2,9,11);2-4H,1H3;3H,1-2H2,(H2,5,6). The number of nitrogen functional groups attached to an aromatic ring is 1. The predicted molar refractivity (Wildman–Crippen MR) is 481 cm³/mol. The van der Waals surface area contributed by atoms with Crippen LogP contribution in [0.1, 0.15) is 89.7 Å². The topological polar surface area (TPSA) is 729 Å². The Morgan fingerprint density at radius 2 is 0.815 bits per heavy atom. The number of primary amides is 2. The number of rotatable bonds is 21. The summed E-state index contributed by atoms with van der Waals surface area (Å²) >= 11 is 17.7. The van der Waals surface area contributed by atoms with Crippen LogP contribution in [0.5, 0.6) is 40.2 Å². The van der Waals surface area contributed by atoms with Gasteiger partial charge in [0, 0.05) is 71.1 Å². The van der Waals surface area contributed by atoms with E-state index < -0.39 is 30.5 Å². The van der Waals surface area contributed by atoms with Gasteiger partial charge in [-0.05, 0) is 79.6 Å². The fraction of sp³-hybridized carbons (Fsp3) is 0.207. The minimum atomic E-state index is -0.759. The van der Waals surface area contributed by atoms with Crippen molar-refractivity contribution in [2.24, 2.45) is 39.2 Å². The highest BCUT2D eigenvalue weighted by atomic mass is 35.5. The van der Waals surface area contributed by atoms with Crippen LogP contribution in [0.15, 0.2) is 163 Å². The van der Waals surface area contributed by atoms with Gasteiger partial charge in [0.15, 0.2) is 23.2 Å². The zero-order chi connectivity index (χ0) is 99.9. The number of carbonyl (C=O) groups excluding carboxylic acids is 4. The van der Waals surface area contributed by atoms with Crippen molar-refractivity contribution < 1.29 is 101 Å². The number of amidine groups is 2. The van der Waals surface area contributed by atoms with E-state index in [4.69, 9.17) is 126 Å². The Labute approximate surface area is 777 Å². The summed E-state index contributed by atoms with van der Waals surface area (Å²) < 4.78 is 49.8. The van der Waals surface area contributed by atoms with Crippen molar-refractivity contribution in [3.8, 4) is 80.5 Å². The van der Waals surface area contributed by atoms with Crippen molar-refractivity contribution in [3.05, 3.63) is 268 Å². The van der Waals surface area contributed by atoms with Crippen LogP contribution in [0, 0.1) is 88.6 Å². The minimum absolute atomic E-state index is 0.00157. The highest BCUT2D eigenvalue weighted by Gasteiger charge is 2.33. The van der Waals surface area contributed by atoms with Crippen LogP contribution in [0.3, 0.4) is 0 Å². The predicted octanol–water partition coefficient (Wildman–Crippen LogP) is 12.5. The fourth-order valence-electron chi connectivity index (χ4n) is 12.0. The molecule has 1 fully saturated rings. The SMILES string of the molecule is CN1Cc2nc(Cl)cc(Cl)c2C1=O.COc1c(-c2noc(C)n2)cccc1[N+](=O)[O-].COc1c(/C(N)=N/O)cccc1[N+](=O)[O-].COc1c(/C(N)=N/O)cccc1[N+](=O)[O-].COc1c(C#N)cccc1[N+](=O)[O-].COc1c(C(N)=O)cccc1[N+](=O)[O-].COc1c(N)cccc1-c1noc(C)n1.COc1c(Nc2cc(Cl)nc3c2C(=O)N(C)C3)cccc1-c1noc(C)n1.NC(=O)C1CC1. The molecule has 5 aromatic heterocycles. The summed E-state index contributed by atoms with van der Waals surface area (Å²) in [6, 6.07) is 36.9. The molecule has 13 N–H and O–H groups in total. The molecular formula is C82H81Cl3N24O26. The van der Waals surface area contributed by atoms with Gasteiger partial charge in [0.2, 0.25) is 69.8 Å². The Morgan fingerprint density at radius 3 is 1.18 bits per heavy atom. The van der Waals surface area contributed by atoms with Gasteiger partial charge in [-0.2, -0.15) is 20.2 Å². The molecule has 1 aliphatic carbocycles. The molecule has 135 heavy (non-hydrogen) atoms. The minimum Gasteiger partial charge on any atom is -0.494 e. The molecular weight excluding hydrogens is 1840 g/mol. The van der Waals surface area contributed by atoms with Crippen LogP contribution >= 0.6 is 34.8 Å². The molecule has 0 unspecified atom stereocenters. The number of halogens is 3. The number of benzene rings is 7. The molecule has 2 aliphatic heterocycles. The summed E-state index contributed by atoms with van der Waals surface area (Å²) in [5.74, 6) is 2.25. The zero-order valence-electron chi connectivity index (χ0n) is 72.9. The van der Waals surface area contributed by atoms with E-state index in [2.05, 4.69) is 56.0 Å². The third-order valence-electron chi connectivity index (χ3n) is 18.1. The fourth-order valence-corrected chi connectivity index (χ4v) is 12.7. The lowest BCUT2D eigenvalue weighted by Gasteiger charge is -2.15. The number of pyridine rings is 2.